The molecule has 0 saturated carbocycles. The first-order chi connectivity index (χ1) is 14.9. The minimum Gasteiger partial charge on any atom is -0.497 e. The zero-order valence-electron chi connectivity index (χ0n) is 18.1. The zero-order chi connectivity index (χ0) is 22.0. The Morgan fingerprint density at radius 3 is 2.45 bits per heavy atom. The lowest BCUT2D eigenvalue weighted by molar-refractivity contribution is -0.127. The number of nitrogens with zero attached hydrogens (tertiary/aromatic N) is 1. The summed E-state index contributed by atoms with van der Waals surface area (Å²) in [5, 5.41) is 3.23. The molecule has 0 radical (unpaired) electrons. The van der Waals surface area contributed by atoms with Crippen molar-refractivity contribution in [2.24, 2.45) is 5.92 Å². The average molecular weight is 443 g/mol. The molecule has 1 N–H and O–H groups in total. The minimum atomic E-state index is -3.51. The van der Waals surface area contributed by atoms with Crippen molar-refractivity contribution in [3.63, 3.8) is 0 Å². The number of ether oxygens (including phenoxy) is 1. The van der Waals surface area contributed by atoms with Crippen LogP contribution in [0.1, 0.15) is 48.4 Å². The highest BCUT2D eigenvalue weighted by Gasteiger charge is 2.33. The lowest BCUT2D eigenvalue weighted by Crippen LogP contribution is -2.44. The third-order valence-electron chi connectivity index (χ3n) is 6.46. The fourth-order valence-electron chi connectivity index (χ4n) is 4.57. The smallest absolute Gasteiger partial charge is 0.243 e. The van der Waals surface area contributed by atoms with Gasteiger partial charge in [-0.2, -0.15) is 4.31 Å². The average Bonchev–Trinajstić information content (AvgIpc) is 2.79. The van der Waals surface area contributed by atoms with Gasteiger partial charge in [0.2, 0.25) is 15.9 Å². The number of amides is 1. The van der Waals surface area contributed by atoms with Crippen molar-refractivity contribution in [1.82, 2.24) is 9.62 Å². The summed E-state index contributed by atoms with van der Waals surface area (Å²) < 4.78 is 32.6. The molecular weight excluding hydrogens is 412 g/mol. The molecule has 0 unspecified atom stereocenters. The number of hydrogen-bond donors (Lipinski definition) is 1. The second kappa shape index (κ2) is 9.01. The highest BCUT2D eigenvalue weighted by Crippen LogP contribution is 2.33. The number of carbonyl (C=O) groups is 1. The van der Waals surface area contributed by atoms with Crippen molar-refractivity contribution in [3.05, 3.63) is 59.2 Å². The fourth-order valence-corrected chi connectivity index (χ4v) is 6.04. The van der Waals surface area contributed by atoms with Gasteiger partial charge in [0, 0.05) is 19.0 Å². The third-order valence-corrected chi connectivity index (χ3v) is 8.38. The van der Waals surface area contributed by atoms with Gasteiger partial charge in [0.1, 0.15) is 5.75 Å². The first-order valence-electron chi connectivity index (χ1n) is 10.9. The number of carbonyl (C=O) groups excluding carboxylic acids is 1. The van der Waals surface area contributed by atoms with E-state index < -0.39 is 10.0 Å². The van der Waals surface area contributed by atoms with Crippen LogP contribution in [-0.2, 0) is 21.2 Å². The number of benzene rings is 2. The molecule has 1 saturated heterocycles. The summed E-state index contributed by atoms with van der Waals surface area (Å²) in [5.41, 5.74) is 3.42. The molecule has 0 bridgehead atoms. The Balaban J connectivity index is 1.38. The van der Waals surface area contributed by atoms with E-state index in [1.165, 1.54) is 15.4 Å². The largest absolute Gasteiger partial charge is 0.497 e. The van der Waals surface area contributed by atoms with Gasteiger partial charge in [-0.25, -0.2) is 8.42 Å². The lowest BCUT2D eigenvalue weighted by atomic mass is 9.86. The SMILES string of the molecule is COc1ccc2c(c1)CCC[C@@H]2NC(=O)C1CCN(S(=O)(=O)c2ccc(C)cc2)CC1. The maximum atomic E-state index is 13.0. The number of nitrogens with one attached hydrogen (secondary N) is 1. The molecule has 2 aliphatic rings. The van der Waals surface area contributed by atoms with Gasteiger partial charge in [-0.1, -0.05) is 23.8 Å². The molecule has 1 atom stereocenters. The minimum absolute atomic E-state index is 0.0106. The molecule has 1 aliphatic heterocycles. The van der Waals surface area contributed by atoms with Crippen LogP contribution in [0.2, 0.25) is 0 Å². The summed E-state index contributed by atoms with van der Waals surface area (Å²) >= 11 is 0. The molecule has 6 nitrogen and oxygen atoms in total. The molecule has 4 rings (SSSR count). The summed E-state index contributed by atoms with van der Waals surface area (Å²) in [6.45, 7) is 2.67. The number of hydrogen-bond acceptors (Lipinski definition) is 4. The number of methoxy groups -OCH3 is 1. The Kier molecular flexibility index (Phi) is 6.34. The van der Waals surface area contributed by atoms with E-state index in [-0.39, 0.29) is 17.9 Å². The maximum Gasteiger partial charge on any atom is 0.243 e. The fraction of sp³-hybridized carbons (Fsp3) is 0.458. The molecule has 166 valence electrons. The van der Waals surface area contributed by atoms with E-state index in [0.717, 1.165) is 30.6 Å². The molecule has 1 fully saturated rings. The number of piperidine rings is 1. The molecule has 2 aromatic carbocycles. The number of rotatable bonds is 5. The number of sulfonamides is 1. The van der Waals surface area contributed by atoms with Crippen LogP contribution in [0, 0.1) is 12.8 Å². The van der Waals surface area contributed by atoms with Gasteiger partial charge in [-0.3, -0.25) is 4.79 Å². The van der Waals surface area contributed by atoms with E-state index in [1.54, 1.807) is 19.2 Å². The third kappa shape index (κ3) is 4.62. The van der Waals surface area contributed by atoms with Crippen LogP contribution >= 0.6 is 0 Å². The van der Waals surface area contributed by atoms with Crippen molar-refractivity contribution in [2.45, 2.75) is 50.0 Å². The van der Waals surface area contributed by atoms with E-state index in [1.807, 2.05) is 25.1 Å². The standard InChI is InChI=1S/C24H30N2O4S/c1-17-6-9-21(10-7-17)31(28,29)26-14-12-18(13-15-26)24(27)25-23-5-3-4-19-16-20(30-2)8-11-22(19)23/h6-11,16,18,23H,3-5,12-15H2,1-2H3,(H,25,27)/t23-/m0/s1. The van der Waals surface area contributed by atoms with Crippen LogP contribution in [0.5, 0.6) is 5.75 Å². The van der Waals surface area contributed by atoms with Gasteiger partial charge in [-0.15, -0.1) is 0 Å². The monoisotopic (exact) mass is 442 g/mol. The second-order valence-electron chi connectivity index (χ2n) is 8.51. The van der Waals surface area contributed by atoms with Crippen LogP contribution in [0.4, 0.5) is 0 Å². The van der Waals surface area contributed by atoms with E-state index in [4.69, 9.17) is 4.74 Å². The normalized spacial score (nSPS) is 20.1. The predicted octanol–water partition coefficient (Wildman–Crippen LogP) is 3.60. The quantitative estimate of drug-likeness (QED) is 0.768. The first-order valence-corrected chi connectivity index (χ1v) is 12.4. The molecule has 0 spiro atoms. The lowest BCUT2D eigenvalue weighted by Gasteiger charge is -2.33. The summed E-state index contributed by atoms with van der Waals surface area (Å²) in [7, 11) is -1.85. The Bertz CT molecular complexity index is 1040. The van der Waals surface area contributed by atoms with Crippen molar-refractivity contribution in [2.75, 3.05) is 20.2 Å². The predicted molar refractivity (Wildman–Crippen MR) is 119 cm³/mol. The number of fused-ring (bicyclic) bond motifs is 1. The van der Waals surface area contributed by atoms with Gasteiger partial charge in [0.15, 0.2) is 0 Å². The molecule has 0 aromatic heterocycles. The molecule has 1 amide bonds. The van der Waals surface area contributed by atoms with Crippen LogP contribution in [-0.4, -0.2) is 38.8 Å². The van der Waals surface area contributed by atoms with E-state index in [0.29, 0.717) is 30.8 Å². The summed E-state index contributed by atoms with van der Waals surface area (Å²) in [5.74, 6) is 0.710. The van der Waals surface area contributed by atoms with E-state index >= 15 is 0 Å². The van der Waals surface area contributed by atoms with Gasteiger partial charge in [0.25, 0.3) is 0 Å². The molecule has 2 aromatic rings. The first kappa shape index (κ1) is 21.8. The van der Waals surface area contributed by atoms with Gasteiger partial charge in [0.05, 0.1) is 18.0 Å². The Morgan fingerprint density at radius 1 is 1.06 bits per heavy atom. The van der Waals surface area contributed by atoms with Crippen LogP contribution < -0.4 is 10.1 Å². The summed E-state index contributed by atoms with van der Waals surface area (Å²) in [4.78, 5) is 13.3. The second-order valence-corrected chi connectivity index (χ2v) is 10.4. The zero-order valence-corrected chi connectivity index (χ0v) is 19.0. The molecule has 31 heavy (non-hydrogen) atoms. The Hall–Kier alpha value is -2.38. The Morgan fingerprint density at radius 2 is 1.77 bits per heavy atom. The summed E-state index contributed by atoms with van der Waals surface area (Å²) in [6, 6.07) is 13.0. The van der Waals surface area contributed by atoms with Gasteiger partial charge in [-0.05, 0) is 74.4 Å². The van der Waals surface area contributed by atoms with Crippen molar-refractivity contribution in [1.29, 1.82) is 0 Å². The van der Waals surface area contributed by atoms with Crippen molar-refractivity contribution >= 4 is 15.9 Å². The molecule has 7 heteroatoms. The van der Waals surface area contributed by atoms with Crippen molar-refractivity contribution in [3.8, 4) is 5.75 Å². The van der Waals surface area contributed by atoms with Crippen molar-refractivity contribution < 1.29 is 17.9 Å². The van der Waals surface area contributed by atoms with Crippen LogP contribution in [0.15, 0.2) is 47.4 Å². The summed E-state index contributed by atoms with van der Waals surface area (Å²) in [6.07, 6.45) is 4.02. The molecule has 1 heterocycles. The highest BCUT2D eigenvalue weighted by molar-refractivity contribution is 7.89. The Labute approximate surface area is 184 Å². The molecular formula is C24H30N2O4S. The van der Waals surface area contributed by atoms with E-state index in [2.05, 4.69) is 17.4 Å². The van der Waals surface area contributed by atoms with E-state index in [9.17, 15) is 13.2 Å². The highest BCUT2D eigenvalue weighted by atomic mass is 32.2. The van der Waals surface area contributed by atoms with Crippen LogP contribution in [0.25, 0.3) is 0 Å². The molecule has 1 aliphatic carbocycles. The maximum absolute atomic E-state index is 13.0. The van der Waals surface area contributed by atoms with Crippen LogP contribution in [0.3, 0.4) is 0 Å². The van der Waals surface area contributed by atoms with Gasteiger partial charge >= 0.3 is 0 Å². The number of aryl methyl sites for hydroxylation is 2. The topological polar surface area (TPSA) is 75.7 Å². The van der Waals surface area contributed by atoms with Gasteiger partial charge < -0.3 is 10.1 Å².